The molecule has 0 aromatic rings. The van der Waals surface area contributed by atoms with Crippen molar-refractivity contribution in [2.45, 2.75) is 26.3 Å². The van der Waals surface area contributed by atoms with Gasteiger partial charge in [0.2, 0.25) is 6.65 Å². The number of halogens is 1. The Morgan fingerprint density at radius 3 is 2.41 bits per heavy atom. The van der Waals surface area contributed by atoms with Gasteiger partial charge in [-0.25, -0.2) is 4.67 Å². The van der Waals surface area contributed by atoms with E-state index in [1.807, 2.05) is 13.8 Å². The minimum Gasteiger partial charge on any atom is -0.468 e. The van der Waals surface area contributed by atoms with Crippen LogP contribution in [0.1, 0.15) is 20.3 Å². The van der Waals surface area contributed by atoms with E-state index in [2.05, 4.69) is 6.58 Å². The molecule has 0 saturated heterocycles. The van der Waals surface area contributed by atoms with Gasteiger partial charge in [0.05, 0.1) is 7.11 Å². The summed E-state index contributed by atoms with van der Waals surface area (Å²) in [7, 11) is 1.32. The van der Waals surface area contributed by atoms with Crippen LogP contribution in [0, 0.1) is 5.92 Å². The highest BCUT2D eigenvalue weighted by Gasteiger charge is 2.35. The number of ether oxygens (including phenoxy) is 1. The van der Waals surface area contributed by atoms with Crippen molar-refractivity contribution in [1.82, 2.24) is 4.67 Å². The number of carbonyl (C=O) groups excluding carboxylic acids is 1. The molecule has 0 aromatic heterocycles. The molecule has 0 N–H and O–H groups in total. The van der Waals surface area contributed by atoms with Crippen LogP contribution in [0.3, 0.4) is 0 Å². The lowest BCUT2D eigenvalue weighted by atomic mass is 10.0. The quantitative estimate of drug-likeness (QED) is 0.409. The molecule has 0 aromatic carbocycles. The molecule has 0 aliphatic carbocycles. The van der Waals surface area contributed by atoms with E-state index in [0.29, 0.717) is 13.0 Å². The Hall–Kier alpha value is -0.310. The van der Waals surface area contributed by atoms with Gasteiger partial charge in [-0.05, 0) is 23.6 Å². The first kappa shape index (κ1) is 16.7. The van der Waals surface area contributed by atoms with Gasteiger partial charge < -0.3 is 4.74 Å². The van der Waals surface area contributed by atoms with Gasteiger partial charge in [-0.2, -0.15) is 0 Å². The molecule has 100 valence electrons. The number of hydrogen-bond acceptors (Lipinski definition) is 3. The average molecular weight is 282 g/mol. The van der Waals surface area contributed by atoms with Crippen LogP contribution in [0.2, 0.25) is 0 Å². The second-order valence-electron chi connectivity index (χ2n) is 4.36. The summed E-state index contributed by atoms with van der Waals surface area (Å²) in [6.45, 7) is 6.24. The molecule has 0 bridgehead atoms. The molecule has 0 amide bonds. The Morgan fingerprint density at radius 2 is 2.12 bits per heavy atom. The fourth-order valence-electron chi connectivity index (χ4n) is 1.58. The number of esters is 1. The first-order valence-corrected chi connectivity index (χ1v) is 8.48. The van der Waals surface area contributed by atoms with Crippen LogP contribution in [0.4, 0.5) is 0 Å². The Balaban J connectivity index is 5.13. The summed E-state index contributed by atoms with van der Waals surface area (Å²) in [5.41, 5.74) is 0. The molecule has 0 spiro atoms. The van der Waals surface area contributed by atoms with Crippen molar-refractivity contribution in [1.29, 1.82) is 0 Å². The van der Waals surface area contributed by atoms with Gasteiger partial charge in [-0.3, -0.25) is 9.36 Å². The van der Waals surface area contributed by atoms with E-state index in [1.54, 1.807) is 6.08 Å². The van der Waals surface area contributed by atoms with Crippen LogP contribution in [-0.2, 0) is 14.1 Å². The van der Waals surface area contributed by atoms with Gasteiger partial charge in [0.25, 0.3) is 0 Å². The molecule has 2 atom stereocenters. The van der Waals surface area contributed by atoms with E-state index >= 15 is 0 Å². The third-order valence-corrected chi connectivity index (χ3v) is 4.25. The minimum absolute atomic E-state index is 0.273. The predicted molar refractivity (Wildman–Crippen MR) is 71.5 cm³/mol. The van der Waals surface area contributed by atoms with Crippen LogP contribution >= 0.6 is 17.9 Å². The molecule has 0 saturated carbocycles. The highest BCUT2D eigenvalue weighted by molar-refractivity contribution is 7.86. The second-order valence-corrected chi connectivity index (χ2v) is 8.31. The maximum atomic E-state index is 12.0. The summed E-state index contributed by atoms with van der Waals surface area (Å²) in [5, 5.41) is 0. The molecule has 6 heteroatoms. The minimum atomic E-state index is -3.04. The van der Waals surface area contributed by atoms with E-state index in [0.717, 1.165) is 0 Å². The van der Waals surface area contributed by atoms with Crippen LogP contribution in [0.5, 0.6) is 0 Å². The molecule has 0 rings (SSSR count). The van der Waals surface area contributed by atoms with Gasteiger partial charge in [0.15, 0.2) is 0 Å². The Kier molecular flexibility index (Phi) is 7.07. The molecule has 0 aliphatic rings. The van der Waals surface area contributed by atoms with Crippen molar-refractivity contribution in [3.05, 3.63) is 12.7 Å². The standard InChI is InChI=1S/C11H21ClNO3P/c1-6-7-13(17(5,12)15)10(8-9(2)3)11(14)16-4/h6,9-10H,1,7-8H2,2-5H3/t10-,17?/m0/s1. The summed E-state index contributed by atoms with van der Waals surface area (Å²) >= 11 is 5.88. The van der Waals surface area contributed by atoms with Crippen LogP contribution in [-0.4, -0.2) is 37.0 Å². The monoisotopic (exact) mass is 281 g/mol. The molecule has 17 heavy (non-hydrogen) atoms. The normalized spacial score (nSPS) is 16.6. The van der Waals surface area contributed by atoms with Crippen molar-refractivity contribution in [2.24, 2.45) is 5.92 Å². The highest BCUT2D eigenvalue weighted by atomic mass is 35.7. The lowest BCUT2D eigenvalue weighted by molar-refractivity contribution is -0.145. The van der Waals surface area contributed by atoms with Gasteiger partial charge in [-0.1, -0.05) is 19.9 Å². The van der Waals surface area contributed by atoms with Crippen molar-refractivity contribution in [3.63, 3.8) is 0 Å². The maximum absolute atomic E-state index is 12.0. The molecule has 4 nitrogen and oxygen atoms in total. The third-order valence-electron chi connectivity index (χ3n) is 2.30. The number of hydrogen-bond donors (Lipinski definition) is 0. The summed E-state index contributed by atoms with van der Waals surface area (Å²) in [5.74, 6) is -0.141. The van der Waals surface area contributed by atoms with Gasteiger partial charge in [0, 0.05) is 13.2 Å². The van der Waals surface area contributed by atoms with Crippen LogP contribution < -0.4 is 0 Å². The summed E-state index contributed by atoms with van der Waals surface area (Å²) < 4.78 is 18.2. The number of methoxy groups -OCH3 is 1. The topological polar surface area (TPSA) is 46.6 Å². The van der Waals surface area contributed by atoms with Gasteiger partial charge in [-0.15, -0.1) is 6.58 Å². The van der Waals surface area contributed by atoms with Gasteiger partial charge in [0.1, 0.15) is 6.04 Å². The molecule has 1 unspecified atom stereocenters. The molecule has 0 radical (unpaired) electrons. The SMILES string of the molecule is C=CCN([C@@H](CC(C)C)C(=O)OC)P(C)(=O)Cl. The lowest BCUT2D eigenvalue weighted by Gasteiger charge is -2.31. The summed E-state index contributed by atoms with van der Waals surface area (Å²) in [4.78, 5) is 11.7. The molecular formula is C11H21ClNO3P. The van der Waals surface area contributed by atoms with Crippen molar-refractivity contribution in [2.75, 3.05) is 20.3 Å². The zero-order valence-electron chi connectivity index (χ0n) is 10.9. The number of carbonyl (C=O) groups is 1. The number of nitrogens with zero attached hydrogens (tertiary/aromatic N) is 1. The van der Waals surface area contributed by atoms with Crippen LogP contribution in [0.25, 0.3) is 0 Å². The Labute approximate surface area is 108 Å². The molecule has 0 aliphatic heterocycles. The maximum Gasteiger partial charge on any atom is 0.323 e. The average Bonchev–Trinajstić information content (AvgIpc) is 2.20. The predicted octanol–water partition coefficient (Wildman–Crippen LogP) is 3.12. The Morgan fingerprint density at radius 1 is 1.59 bits per heavy atom. The summed E-state index contributed by atoms with van der Waals surface area (Å²) in [6.07, 6.45) is 2.12. The molecule has 0 heterocycles. The fourth-order valence-corrected chi connectivity index (χ4v) is 3.17. The fraction of sp³-hybridized carbons (Fsp3) is 0.727. The van der Waals surface area contributed by atoms with Crippen molar-refractivity contribution >= 4 is 23.9 Å². The van der Waals surface area contributed by atoms with E-state index in [4.69, 9.17) is 16.0 Å². The molecular weight excluding hydrogens is 261 g/mol. The van der Waals surface area contributed by atoms with Gasteiger partial charge >= 0.3 is 5.97 Å². The van der Waals surface area contributed by atoms with E-state index in [-0.39, 0.29) is 5.92 Å². The van der Waals surface area contributed by atoms with E-state index in [9.17, 15) is 9.36 Å². The highest BCUT2D eigenvalue weighted by Crippen LogP contribution is 2.52. The van der Waals surface area contributed by atoms with E-state index in [1.165, 1.54) is 18.4 Å². The molecule has 0 fully saturated rings. The van der Waals surface area contributed by atoms with Crippen molar-refractivity contribution < 1.29 is 14.1 Å². The lowest BCUT2D eigenvalue weighted by Crippen LogP contribution is -2.39. The van der Waals surface area contributed by atoms with Crippen LogP contribution in [0.15, 0.2) is 12.7 Å². The summed E-state index contributed by atoms with van der Waals surface area (Å²) in [6, 6.07) is -0.591. The Bertz CT molecular complexity index is 314. The van der Waals surface area contributed by atoms with E-state index < -0.39 is 18.7 Å². The first-order valence-electron chi connectivity index (χ1n) is 5.47. The zero-order valence-corrected chi connectivity index (χ0v) is 12.5. The second kappa shape index (κ2) is 7.20. The van der Waals surface area contributed by atoms with Crippen molar-refractivity contribution in [3.8, 4) is 0 Å². The first-order chi connectivity index (χ1) is 7.73. The largest absolute Gasteiger partial charge is 0.468 e. The smallest absolute Gasteiger partial charge is 0.323 e. The number of rotatable bonds is 7. The third kappa shape index (κ3) is 5.71. The zero-order chi connectivity index (χ0) is 13.6.